The largest absolute Gasteiger partial charge is 0.0883 e. The van der Waals surface area contributed by atoms with Crippen LogP contribution in [-0.4, -0.2) is 0 Å². The highest BCUT2D eigenvalue weighted by Gasteiger charge is 2.10. The molecule has 0 aliphatic carbocycles. The minimum atomic E-state index is 0.360. The summed E-state index contributed by atoms with van der Waals surface area (Å²) in [5.74, 6) is 0. The SMILES string of the molecule is CC(C)=CC(C)(C)C.CC=C(C)C(C)(C)C.CCC=CC(C)(C)C. The van der Waals surface area contributed by atoms with Gasteiger partial charge in [-0.1, -0.05) is 105 Å². The average molecular weight is 337 g/mol. The molecule has 0 heterocycles. The van der Waals surface area contributed by atoms with Crippen LogP contribution in [0.25, 0.3) is 0 Å². The van der Waals surface area contributed by atoms with E-state index in [4.69, 9.17) is 0 Å². The minimum Gasteiger partial charge on any atom is -0.0883 e. The molecule has 0 aliphatic heterocycles. The summed E-state index contributed by atoms with van der Waals surface area (Å²) in [7, 11) is 0. The molecule has 0 saturated carbocycles. The molecular weight excluding hydrogens is 288 g/mol. The highest BCUT2D eigenvalue weighted by atomic mass is 14.2. The van der Waals surface area contributed by atoms with E-state index in [1.54, 1.807) is 0 Å². The average Bonchev–Trinajstić information content (AvgIpc) is 2.31. The number of hydrogen-bond acceptors (Lipinski definition) is 0. The van der Waals surface area contributed by atoms with Gasteiger partial charge < -0.3 is 0 Å². The fourth-order valence-corrected chi connectivity index (χ4v) is 1.77. The second kappa shape index (κ2) is 12.6. The lowest BCUT2D eigenvalue weighted by Crippen LogP contribution is -2.05. The van der Waals surface area contributed by atoms with Crippen molar-refractivity contribution in [2.75, 3.05) is 0 Å². The lowest BCUT2D eigenvalue weighted by Gasteiger charge is -2.18. The molecule has 0 aromatic rings. The Kier molecular flexibility index (Phi) is 14.7. The van der Waals surface area contributed by atoms with Crippen LogP contribution in [0.1, 0.15) is 103 Å². The summed E-state index contributed by atoms with van der Waals surface area (Å²) in [4.78, 5) is 0. The number of allylic oxidation sites excluding steroid dienone is 6. The lowest BCUT2D eigenvalue weighted by molar-refractivity contribution is 0.503. The van der Waals surface area contributed by atoms with Crippen LogP contribution in [-0.2, 0) is 0 Å². The standard InChI is InChI=1S/3C8H16/c1-7(2)6-8(3,4)5;1-6-7(2)8(3,4)5;1-5-6-7-8(2,3)4/h2*6H,1-5H3;6-7H,5H2,1-4H3. The molecule has 0 nitrogen and oxygen atoms in total. The van der Waals surface area contributed by atoms with E-state index in [9.17, 15) is 0 Å². The van der Waals surface area contributed by atoms with Crippen LogP contribution < -0.4 is 0 Å². The van der Waals surface area contributed by atoms with Gasteiger partial charge in [-0.05, 0) is 50.4 Å². The van der Waals surface area contributed by atoms with Crippen molar-refractivity contribution in [3.8, 4) is 0 Å². The van der Waals surface area contributed by atoms with E-state index in [0.29, 0.717) is 16.2 Å². The van der Waals surface area contributed by atoms with Crippen molar-refractivity contribution in [1.29, 1.82) is 0 Å². The quantitative estimate of drug-likeness (QED) is 0.419. The van der Waals surface area contributed by atoms with Crippen molar-refractivity contribution in [1.82, 2.24) is 0 Å². The third-order valence-corrected chi connectivity index (χ3v) is 3.19. The van der Waals surface area contributed by atoms with E-state index in [1.807, 2.05) is 0 Å². The van der Waals surface area contributed by atoms with E-state index in [-0.39, 0.29) is 0 Å². The van der Waals surface area contributed by atoms with Gasteiger partial charge in [0.1, 0.15) is 0 Å². The van der Waals surface area contributed by atoms with E-state index >= 15 is 0 Å². The Bertz CT molecular complexity index is 377. The zero-order valence-corrected chi connectivity index (χ0v) is 19.5. The van der Waals surface area contributed by atoms with Crippen molar-refractivity contribution in [3.05, 3.63) is 35.5 Å². The smallest absolute Gasteiger partial charge is 0.0176 e. The molecule has 0 fully saturated rings. The van der Waals surface area contributed by atoms with Gasteiger partial charge in [-0.3, -0.25) is 0 Å². The zero-order valence-electron chi connectivity index (χ0n) is 19.5. The molecule has 0 aromatic heterocycles. The van der Waals surface area contributed by atoms with Gasteiger partial charge in [0.05, 0.1) is 0 Å². The maximum Gasteiger partial charge on any atom is -0.0176 e. The molecule has 0 spiro atoms. The Balaban J connectivity index is -0.000000276. The summed E-state index contributed by atoms with van der Waals surface area (Å²) < 4.78 is 0. The first-order valence-corrected chi connectivity index (χ1v) is 9.43. The molecule has 0 bridgehead atoms. The maximum absolute atomic E-state index is 2.27. The van der Waals surface area contributed by atoms with Crippen LogP contribution in [0.3, 0.4) is 0 Å². The van der Waals surface area contributed by atoms with Crippen LogP contribution >= 0.6 is 0 Å². The first-order chi connectivity index (χ1) is 10.5. The van der Waals surface area contributed by atoms with E-state index < -0.39 is 0 Å². The third kappa shape index (κ3) is 29.3. The third-order valence-electron chi connectivity index (χ3n) is 3.19. The monoisotopic (exact) mass is 336 g/mol. The molecule has 0 radical (unpaired) electrons. The molecule has 0 heteroatoms. The molecule has 0 N–H and O–H groups in total. The Hall–Kier alpha value is -0.780. The summed E-state index contributed by atoms with van der Waals surface area (Å²) in [5.41, 5.74) is 3.96. The first-order valence-electron chi connectivity index (χ1n) is 9.43. The summed E-state index contributed by atoms with van der Waals surface area (Å²) in [5, 5.41) is 0. The minimum absolute atomic E-state index is 0.360. The van der Waals surface area contributed by atoms with E-state index in [0.717, 1.165) is 6.42 Å². The van der Waals surface area contributed by atoms with Crippen LogP contribution in [0.15, 0.2) is 35.5 Å². The summed E-state index contributed by atoms with van der Waals surface area (Å²) in [6.07, 6.45) is 10.0. The summed E-state index contributed by atoms with van der Waals surface area (Å²) in [6.45, 7) is 30.6. The van der Waals surface area contributed by atoms with Gasteiger partial charge in [-0.15, -0.1) is 0 Å². The molecule has 24 heavy (non-hydrogen) atoms. The first kappa shape index (κ1) is 28.0. The molecule has 0 amide bonds. The zero-order chi connectivity index (χ0) is 20.2. The van der Waals surface area contributed by atoms with Crippen molar-refractivity contribution in [2.45, 2.75) is 103 Å². The second-order valence-corrected chi connectivity index (χ2v) is 9.99. The number of hydrogen-bond donors (Lipinski definition) is 0. The fraction of sp³-hybridized carbons (Fsp3) is 0.750. The van der Waals surface area contributed by atoms with Crippen LogP contribution in [0.4, 0.5) is 0 Å². The van der Waals surface area contributed by atoms with Gasteiger partial charge in [0, 0.05) is 0 Å². The Labute approximate surface area is 155 Å². The Morgan fingerprint density at radius 3 is 1.21 bits per heavy atom. The maximum atomic E-state index is 2.27. The van der Waals surface area contributed by atoms with Gasteiger partial charge in [-0.2, -0.15) is 0 Å². The van der Waals surface area contributed by atoms with Gasteiger partial charge >= 0.3 is 0 Å². The molecule has 144 valence electrons. The van der Waals surface area contributed by atoms with Gasteiger partial charge in [-0.25, -0.2) is 0 Å². The topological polar surface area (TPSA) is 0 Å². The molecule has 0 aromatic carbocycles. The van der Waals surface area contributed by atoms with E-state index in [2.05, 4.69) is 121 Å². The van der Waals surface area contributed by atoms with Gasteiger partial charge in [0.25, 0.3) is 0 Å². The fourth-order valence-electron chi connectivity index (χ4n) is 1.77. The van der Waals surface area contributed by atoms with Crippen molar-refractivity contribution in [3.63, 3.8) is 0 Å². The second-order valence-electron chi connectivity index (χ2n) is 9.99. The summed E-state index contributed by atoms with van der Waals surface area (Å²) >= 11 is 0. The highest BCUT2D eigenvalue weighted by Crippen LogP contribution is 2.23. The summed E-state index contributed by atoms with van der Waals surface area (Å²) in [6, 6.07) is 0. The number of rotatable bonds is 1. The van der Waals surface area contributed by atoms with Gasteiger partial charge in [0.15, 0.2) is 0 Å². The Morgan fingerprint density at radius 1 is 0.750 bits per heavy atom. The molecule has 0 aliphatic rings. The molecule has 0 unspecified atom stereocenters. The molecule has 0 atom stereocenters. The predicted molar refractivity (Wildman–Crippen MR) is 117 cm³/mol. The lowest BCUT2D eigenvalue weighted by atomic mass is 9.88. The van der Waals surface area contributed by atoms with Crippen molar-refractivity contribution < 1.29 is 0 Å². The van der Waals surface area contributed by atoms with Crippen molar-refractivity contribution >= 4 is 0 Å². The van der Waals surface area contributed by atoms with Crippen LogP contribution in [0.2, 0.25) is 0 Å². The van der Waals surface area contributed by atoms with Crippen molar-refractivity contribution in [2.24, 2.45) is 16.2 Å². The molecular formula is C24H48. The normalized spacial score (nSPS) is 12.8. The van der Waals surface area contributed by atoms with Crippen LogP contribution in [0.5, 0.6) is 0 Å². The van der Waals surface area contributed by atoms with Gasteiger partial charge in [0.2, 0.25) is 0 Å². The predicted octanol–water partition coefficient (Wildman–Crippen LogP) is 9.00. The van der Waals surface area contributed by atoms with Crippen LogP contribution in [0, 0.1) is 16.2 Å². The molecule has 0 rings (SSSR count). The van der Waals surface area contributed by atoms with E-state index in [1.165, 1.54) is 11.1 Å². The molecule has 0 saturated heterocycles. The highest BCUT2D eigenvalue weighted by molar-refractivity contribution is 5.05. The Morgan fingerprint density at radius 2 is 1.17 bits per heavy atom.